The van der Waals surface area contributed by atoms with E-state index < -0.39 is 0 Å². The van der Waals surface area contributed by atoms with Crippen molar-refractivity contribution < 1.29 is 15.1 Å². The van der Waals surface area contributed by atoms with Gasteiger partial charge in [-0.2, -0.15) is 0 Å². The Morgan fingerprint density at radius 1 is 1.38 bits per heavy atom. The number of rotatable bonds is 2. The van der Waals surface area contributed by atoms with Crippen LogP contribution in [0.3, 0.4) is 0 Å². The number of phenols is 2. The van der Waals surface area contributed by atoms with Crippen molar-refractivity contribution in [2.45, 2.75) is 6.92 Å². The van der Waals surface area contributed by atoms with Crippen LogP contribution in [0.1, 0.15) is 12.5 Å². The van der Waals surface area contributed by atoms with Crippen LogP contribution in [0.4, 0.5) is 0 Å². The van der Waals surface area contributed by atoms with Crippen molar-refractivity contribution in [1.82, 2.24) is 0 Å². The summed E-state index contributed by atoms with van der Waals surface area (Å²) in [5, 5.41) is 22.2. The Balaban J connectivity index is 3.13. The molecule has 4 nitrogen and oxygen atoms in total. The van der Waals surface area contributed by atoms with Crippen LogP contribution in [-0.2, 0) is 4.84 Å². The summed E-state index contributed by atoms with van der Waals surface area (Å²) < 4.78 is 0. The molecule has 0 aliphatic rings. The Bertz CT molecular complexity index is 334. The maximum absolute atomic E-state index is 9.38. The van der Waals surface area contributed by atoms with Gasteiger partial charge in [0.1, 0.15) is 18.6 Å². The highest BCUT2D eigenvalue weighted by molar-refractivity contribution is 6.00. The molecule has 0 spiro atoms. The van der Waals surface area contributed by atoms with Gasteiger partial charge in [0.15, 0.2) is 0 Å². The quantitative estimate of drug-likeness (QED) is 0.412. The lowest BCUT2D eigenvalue weighted by molar-refractivity contribution is 0.213. The van der Waals surface area contributed by atoms with Gasteiger partial charge in [0, 0.05) is 5.56 Å². The highest BCUT2D eigenvalue weighted by Gasteiger charge is 2.05. The van der Waals surface area contributed by atoms with Gasteiger partial charge >= 0.3 is 0 Å². The molecule has 0 radical (unpaired) electrons. The standard InChI is InChI=1S/C9H11NO3/c1-6(10-13-2)8-5-7(11)3-4-9(8)12/h3-5,11-12H,1-2H3/b10-6-. The fourth-order valence-corrected chi connectivity index (χ4v) is 1.000. The Hall–Kier alpha value is -1.71. The van der Waals surface area contributed by atoms with Crippen LogP contribution in [0.15, 0.2) is 23.4 Å². The van der Waals surface area contributed by atoms with Crippen LogP contribution in [0.2, 0.25) is 0 Å². The van der Waals surface area contributed by atoms with E-state index in [-0.39, 0.29) is 11.5 Å². The predicted molar refractivity (Wildman–Crippen MR) is 49.0 cm³/mol. The maximum Gasteiger partial charge on any atom is 0.125 e. The smallest absolute Gasteiger partial charge is 0.125 e. The normalized spacial score (nSPS) is 11.4. The van der Waals surface area contributed by atoms with Gasteiger partial charge < -0.3 is 15.1 Å². The van der Waals surface area contributed by atoms with Crippen molar-refractivity contribution >= 4 is 5.71 Å². The van der Waals surface area contributed by atoms with Crippen LogP contribution in [-0.4, -0.2) is 23.0 Å². The van der Waals surface area contributed by atoms with Crippen LogP contribution >= 0.6 is 0 Å². The zero-order valence-corrected chi connectivity index (χ0v) is 7.48. The fraction of sp³-hybridized carbons (Fsp3) is 0.222. The first-order chi connectivity index (χ1) is 6.15. The minimum absolute atomic E-state index is 0.0658. The average Bonchev–Trinajstić information content (AvgIpc) is 2.09. The SMILES string of the molecule is CO/N=C(/C)c1cc(O)ccc1O. The molecule has 0 aliphatic heterocycles. The van der Waals surface area contributed by atoms with Gasteiger partial charge in [-0.1, -0.05) is 5.16 Å². The zero-order valence-electron chi connectivity index (χ0n) is 7.48. The Morgan fingerprint density at radius 2 is 2.08 bits per heavy atom. The second-order valence-electron chi connectivity index (χ2n) is 2.56. The van der Waals surface area contributed by atoms with Crippen molar-refractivity contribution in [3.63, 3.8) is 0 Å². The van der Waals surface area contributed by atoms with Gasteiger partial charge in [0.2, 0.25) is 0 Å². The van der Waals surface area contributed by atoms with Crippen molar-refractivity contribution in [2.24, 2.45) is 5.16 Å². The van der Waals surface area contributed by atoms with Crippen molar-refractivity contribution in [3.8, 4) is 11.5 Å². The third kappa shape index (κ3) is 2.11. The minimum Gasteiger partial charge on any atom is -0.508 e. The molecule has 70 valence electrons. The molecule has 0 atom stereocenters. The molecule has 0 fully saturated rings. The zero-order chi connectivity index (χ0) is 9.84. The second-order valence-corrected chi connectivity index (χ2v) is 2.56. The molecule has 0 saturated heterocycles. The highest BCUT2D eigenvalue weighted by Crippen LogP contribution is 2.22. The summed E-state index contributed by atoms with van der Waals surface area (Å²) in [6, 6.07) is 4.23. The number of nitrogens with zero attached hydrogens (tertiary/aromatic N) is 1. The first-order valence-electron chi connectivity index (χ1n) is 3.75. The molecule has 0 aliphatic carbocycles. The Labute approximate surface area is 76.1 Å². The fourth-order valence-electron chi connectivity index (χ4n) is 1.000. The van der Waals surface area contributed by atoms with Crippen LogP contribution in [0.5, 0.6) is 11.5 Å². The van der Waals surface area contributed by atoms with E-state index in [0.29, 0.717) is 11.3 Å². The Morgan fingerprint density at radius 3 is 2.69 bits per heavy atom. The van der Waals surface area contributed by atoms with Crippen molar-refractivity contribution in [2.75, 3.05) is 7.11 Å². The summed E-state index contributed by atoms with van der Waals surface area (Å²) in [7, 11) is 1.42. The first-order valence-corrected chi connectivity index (χ1v) is 3.75. The molecule has 2 N–H and O–H groups in total. The monoisotopic (exact) mass is 181 g/mol. The summed E-state index contributed by atoms with van der Waals surface area (Å²) in [6.07, 6.45) is 0. The number of phenolic OH excluding ortho intramolecular Hbond substituents is 2. The van der Waals surface area contributed by atoms with E-state index >= 15 is 0 Å². The van der Waals surface area contributed by atoms with E-state index in [4.69, 9.17) is 5.11 Å². The summed E-state index contributed by atoms with van der Waals surface area (Å²) in [5.74, 6) is 0.148. The topological polar surface area (TPSA) is 62.0 Å². The molecule has 0 unspecified atom stereocenters. The van der Waals surface area contributed by atoms with Gasteiger partial charge in [0.25, 0.3) is 0 Å². The molecule has 0 amide bonds. The van der Waals surface area contributed by atoms with E-state index in [1.54, 1.807) is 6.92 Å². The number of hydrogen-bond donors (Lipinski definition) is 2. The number of hydrogen-bond acceptors (Lipinski definition) is 4. The molecule has 0 bridgehead atoms. The highest BCUT2D eigenvalue weighted by atomic mass is 16.6. The van der Waals surface area contributed by atoms with Crippen LogP contribution < -0.4 is 0 Å². The summed E-state index contributed by atoms with van der Waals surface area (Å²) >= 11 is 0. The molecular formula is C9H11NO3. The first kappa shape index (κ1) is 9.38. The van der Waals surface area contributed by atoms with Gasteiger partial charge in [-0.3, -0.25) is 0 Å². The minimum atomic E-state index is 0.0658. The molecule has 13 heavy (non-hydrogen) atoms. The van der Waals surface area contributed by atoms with E-state index in [0.717, 1.165) is 0 Å². The maximum atomic E-state index is 9.38. The summed E-state index contributed by atoms with van der Waals surface area (Å²) in [5.41, 5.74) is 0.970. The van der Waals surface area contributed by atoms with Crippen LogP contribution in [0, 0.1) is 0 Å². The molecule has 0 aromatic heterocycles. The van der Waals surface area contributed by atoms with Crippen LogP contribution in [0.25, 0.3) is 0 Å². The summed E-state index contributed by atoms with van der Waals surface area (Å²) in [4.78, 5) is 4.55. The number of oxime groups is 1. The number of benzene rings is 1. The second kappa shape index (κ2) is 3.80. The lowest BCUT2D eigenvalue weighted by Crippen LogP contribution is -1.95. The van der Waals surface area contributed by atoms with Gasteiger partial charge in [-0.25, -0.2) is 0 Å². The number of aromatic hydroxyl groups is 2. The summed E-state index contributed by atoms with van der Waals surface area (Å²) in [6.45, 7) is 1.68. The van der Waals surface area contributed by atoms with E-state index in [1.165, 1.54) is 25.3 Å². The molecule has 0 heterocycles. The Kier molecular flexibility index (Phi) is 2.74. The predicted octanol–water partition coefficient (Wildman–Crippen LogP) is 1.47. The van der Waals surface area contributed by atoms with Gasteiger partial charge in [-0.05, 0) is 25.1 Å². The lowest BCUT2D eigenvalue weighted by Gasteiger charge is -2.03. The molecule has 0 saturated carbocycles. The van der Waals surface area contributed by atoms with Crippen molar-refractivity contribution in [3.05, 3.63) is 23.8 Å². The molecule has 1 rings (SSSR count). The van der Waals surface area contributed by atoms with Crippen molar-refractivity contribution in [1.29, 1.82) is 0 Å². The third-order valence-corrected chi connectivity index (χ3v) is 1.60. The lowest BCUT2D eigenvalue weighted by atomic mass is 10.1. The van der Waals surface area contributed by atoms with Gasteiger partial charge in [-0.15, -0.1) is 0 Å². The third-order valence-electron chi connectivity index (χ3n) is 1.60. The van der Waals surface area contributed by atoms with E-state index in [1.807, 2.05) is 0 Å². The van der Waals surface area contributed by atoms with E-state index in [2.05, 4.69) is 9.99 Å². The molecule has 4 heteroatoms. The van der Waals surface area contributed by atoms with E-state index in [9.17, 15) is 5.11 Å². The molecule has 1 aromatic rings. The average molecular weight is 181 g/mol. The molecular weight excluding hydrogens is 170 g/mol. The van der Waals surface area contributed by atoms with Gasteiger partial charge in [0.05, 0.1) is 5.71 Å². The molecule has 1 aromatic carbocycles. The largest absolute Gasteiger partial charge is 0.508 e.